The molecule has 0 amide bonds. The maximum Gasteiger partial charge on any atom is 0.232 e. The van der Waals surface area contributed by atoms with E-state index in [4.69, 9.17) is 14.2 Å². The Morgan fingerprint density at radius 3 is 2.74 bits per heavy atom. The molecule has 0 radical (unpaired) electrons. The van der Waals surface area contributed by atoms with E-state index in [2.05, 4.69) is 0 Å². The van der Waals surface area contributed by atoms with Gasteiger partial charge in [0.2, 0.25) is 5.78 Å². The van der Waals surface area contributed by atoms with Gasteiger partial charge in [-0.05, 0) is 49.2 Å². The summed E-state index contributed by atoms with van der Waals surface area (Å²) in [5.41, 5.74) is 2.30. The van der Waals surface area contributed by atoms with Gasteiger partial charge in [-0.15, -0.1) is 0 Å². The molecule has 0 saturated heterocycles. The molecule has 4 nitrogen and oxygen atoms in total. The average Bonchev–Trinajstić information content (AvgIpc) is 2.84. The van der Waals surface area contributed by atoms with Gasteiger partial charge in [0.15, 0.2) is 5.76 Å². The molecule has 118 valence electrons. The largest absolute Gasteiger partial charge is 0.497 e. The van der Waals surface area contributed by atoms with Crippen molar-refractivity contribution in [1.82, 2.24) is 0 Å². The van der Waals surface area contributed by atoms with Gasteiger partial charge in [-0.25, -0.2) is 0 Å². The van der Waals surface area contributed by atoms with Crippen LogP contribution in [0.4, 0.5) is 0 Å². The van der Waals surface area contributed by atoms with Crippen LogP contribution in [0.5, 0.6) is 17.2 Å². The zero-order valence-corrected chi connectivity index (χ0v) is 13.4. The molecule has 0 bridgehead atoms. The average molecular weight is 310 g/mol. The summed E-state index contributed by atoms with van der Waals surface area (Å²) in [6.45, 7) is 4.37. The molecule has 0 unspecified atom stereocenters. The summed E-state index contributed by atoms with van der Waals surface area (Å²) in [5.74, 6) is 2.19. The standard InChI is InChI=1S/C19H18O4/c1-4-22-15-8-12(2)18-16(11-15)23-17(19(18)20)10-13-6-5-7-14(9-13)21-3/h5-11H,4H2,1-3H3/b17-10-. The highest BCUT2D eigenvalue weighted by Crippen LogP contribution is 2.37. The maximum atomic E-state index is 12.6. The van der Waals surface area contributed by atoms with Crippen LogP contribution >= 0.6 is 0 Å². The van der Waals surface area contributed by atoms with E-state index >= 15 is 0 Å². The summed E-state index contributed by atoms with van der Waals surface area (Å²) in [7, 11) is 1.61. The molecular weight excluding hydrogens is 292 g/mol. The summed E-state index contributed by atoms with van der Waals surface area (Å²) in [6, 6.07) is 11.1. The van der Waals surface area contributed by atoms with Crippen molar-refractivity contribution in [2.24, 2.45) is 0 Å². The lowest BCUT2D eigenvalue weighted by molar-refractivity contribution is 0.101. The quantitative estimate of drug-likeness (QED) is 0.800. The topological polar surface area (TPSA) is 44.8 Å². The Labute approximate surface area is 135 Å². The lowest BCUT2D eigenvalue weighted by Gasteiger charge is -2.06. The minimum absolute atomic E-state index is 0.108. The van der Waals surface area contributed by atoms with Gasteiger partial charge in [0.1, 0.15) is 17.2 Å². The molecule has 1 aliphatic heterocycles. The van der Waals surface area contributed by atoms with Crippen molar-refractivity contribution in [2.75, 3.05) is 13.7 Å². The molecule has 0 saturated carbocycles. The van der Waals surface area contributed by atoms with Crippen molar-refractivity contribution in [3.8, 4) is 17.2 Å². The lowest BCUT2D eigenvalue weighted by Crippen LogP contribution is -2.00. The number of allylic oxidation sites excluding steroid dienone is 1. The predicted molar refractivity (Wildman–Crippen MR) is 88.3 cm³/mol. The highest BCUT2D eigenvalue weighted by Gasteiger charge is 2.29. The van der Waals surface area contributed by atoms with Crippen molar-refractivity contribution in [3.63, 3.8) is 0 Å². The van der Waals surface area contributed by atoms with Crippen molar-refractivity contribution in [3.05, 3.63) is 58.8 Å². The first-order valence-electron chi connectivity index (χ1n) is 7.48. The molecule has 0 aromatic heterocycles. The van der Waals surface area contributed by atoms with Crippen LogP contribution in [0, 0.1) is 6.92 Å². The molecule has 0 spiro atoms. The number of hydrogen-bond donors (Lipinski definition) is 0. The maximum absolute atomic E-state index is 12.6. The van der Waals surface area contributed by atoms with Gasteiger partial charge in [-0.2, -0.15) is 0 Å². The summed E-state index contributed by atoms with van der Waals surface area (Å²) in [6.07, 6.45) is 1.73. The number of carbonyl (C=O) groups is 1. The molecule has 1 aliphatic rings. The van der Waals surface area contributed by atoms with Crippen LogP contribution in [0.15, 0.2) is 42.2 Å². The van der Waals surface area contributed by atoms with Crippen LogP contribution in [-0.4, -0.2) is 19.5 Å². The number of aryl methyl sites for hydroxylation is 1. The fourth-order valence-corrected chi connectivity index (χ4v) is 2.61. The number of methoxy groups -OCH3 is 1. The Balaban J connectivity index is 1.96. The Bertz CT molecular complexity index is 790. The van der Waals surface area contributed by atoms with Gasteiger partial charge in [-0.1, -0.05) is 12.1 Å². The number of hydrogen-bond acceptors (Lipinski definition) is 4. The second-order valence-electron chi connectivity index (χ2n) is 5.26. The van der Waals surface area contributed by atoms with E-state index in [1.807, 2.05) is 44.2 Å². The van der Waals surface area contributed by atoms with Crippen LogP contribution in [0.25, 0.3) is 6.08 Å². The van der Waals surface area contributed by atoms with Crippen LogP contribution in [0.3, 0.4) is 0 Å². The minimum Gasteiger partial charge on any atom is -0.497 e. The molecule has 3 rings (SSSR count). The molecule has 1 heterocycles. The number of ether oxygens (including phenoxy) is 3. The first-order valence-corrected chi connectivity index (χ1v) is 7.48. The van der Waals surface area contributed by atoms with Crippen molar-refractivity contribution < 1.29 is 19.0 Å². The number of benzene rings is 2. The normalized spacial score (nSPS) is 14.6. The Kier molecular flexibility index (Phi) is 4.06. The fourth-order valence-electron chi connectivity index (χ4n) is 2.61. The number of fused-ring (bicyclic) bond motifs is 1. The van der Waals surface area contributed by atoms with Gasteiger partial charge < -0.3 is 14.2 Å². The smallest absolute Gasteiger partial charge is 0.232 e. The number of rotatable bonds is 4. The van der Waals surface area contributed by atoms with Gasteiger partial charge in [0.25, 0.3) is 0 Å². The van der Waals surface area contributed by atoms with E-state index in [0.29, 0.717) is 29.4 Å². The molecule has 0 fully saturated rings. The van der Waals surface area contributed by atoms with E-state index in [9.17, 15) is 4.79 Å². The Hall–Kier alpha value is -2.75. The summed E-state index contributed by atoms with van der Waals surface area (Å²) < 4.78 is 16.5. The molecule has 0 N–H and O–H groups in total. The van der Waals surface area contributed by atoms with Crippen molar-refractivity contribution >= 4 is 11.9 Å². The summed E-state index contributed by atoms with van der Waals surface area (Å²) in [5, 5.41) is 0. The molecule has 0 aliphatic carbocycles. The Morgan fingerprint density at radius 2 is 2.00 bits per heavy atom. The molecule has 23 heavy (non-hydrogen) atoms. The zero-order valence-electron chi connectivity index (χ0n) is 13.4. The second-order valence-corrected chi connectivity index (χ2v) is 5.26. The highest BCUT2D eigenvalue weighted by atomic mass is 16.5. The zero-order chi connectivity index (χ0) is 16.4. The van der Waals surface area contributed by atoms with E-state index in [-0.39, 0.29) is 5.78 Å². The SMILES string of the molecule is CCOc1cc(C)c2c(c1)O/C(=C\c1cccc(OC)c1)C2=O. The van der Waals surface area contributed by atoms with Gasteiger partial charge in [0, 0.05) is 6.07 Å². The van der Waals surface area contributed by atoms with Crippen molar-refractivity contribution in [1.29, 1.82) is 0 Å². The third-order valence-corrected chi connectivity index (χ3v) is 3.65. The molecular formula is C19H18O4. The van der Waals surface area contributed by atoms with Crippen LogP contribution in [0.1, 0.15) is 28.4 Å². The van der Waals surface area contributed by atoms with Crippen LogP contribution in [-0.2, 0) is 0 Å². The molecule has 0 atom stereocenters. The number of carbonyl (C=O) groups excluding carboxylic acids is 1. The number of ketones is 1. The predicted octanol–water partition coefficient (Wildman–Crippen LogP) is 4.02. The first kappa shape index (κ1) is 15.2. The first-order chi connectivity index (χ1) is 11.1. The van der Waals surface area contributed by atoms with Gasteiger partial charge >= 0.3 is 0 Å². The van der Waals surface area contributed by atoms with Gasteiger partial charge in [0.05, 0.1) is 19.3 Å². The second kappa shape index (κ2) is 6.16. The summed E-state index contributed by atoms with van der Waals surface area (Å²) in [4.78, 5) is 12.6. The molecule has 2 aromatic carbocycles. The lowest BCUT2D eigenvalue weighted by atomic mass is 10.0. The molecule has 2 aromatic rings. The fraction of sp³-hybridized carbons (Fsp3) is 0.211. The Morgan fingerprint density at radius 1 is 1.17 bits per heavy atom. The summed E-state index contributed by atoms with van der Waals surface area (Å²) >= 11 is 0. The van der Waals surface area contributed by atoms with E-state index < -0.39 is 0 Å². The van der Waals surface area contributed by atoms with Gasteiger partial charge in [-0.3, -0.25) is 4.79 Å². The number of Topliss-reactive ketones (excluding diaryl/α,β-unsaturated/α-hetero) is 1. The van der Waals surface area contributed by atoms with Crippen LogP contribution in [0.2, 0.25) is 0 Å². The third-order valence-electron chi connectivity index (χ3n) is 3.65. The minimum atomic E-state index is -0.108. The van der Waals surface area contributed by atoms with E-state index in [0.717, 1.165) is 16.9 Å². The highest BCUT2D eigenvalue weighted by molar-refractivity contribution is 6.15. The molecule has 4 heteroatoms. The van der Waals surface area contributed by atoms with Crippen molar-refractivity contribution in [2.45, 2.75) is 13.8 Å². The monoisotopic (exact) mass is 310 g/mol. The van der Waals surface area contributed by atoms with Crippen LogP contribution < -0.4 is 14.2 Å². The third kappa shape index (κ3) is 2.93. The van der Waals surface area contributed by atoms with E-state index in [1.165, 1.54) is 0 Å². The van der Waals surface area contributed by atoms with E-state index in [1.54, 1.807) is 19.3 Å².